The van der Waals surface area contributed by atoms with Crippen molar-refractivity contribution in [3.8, 4) is 0 Å². The Morgan fingerprint density at radius 1 is 1.06 bits per heavy atom. The van der Waals surface area contributed by atoms with Crippen molar-refractivity contribution in [2.45, 2.75) is 6.42 Å². The number of allylic oxidation sites excluding steroid dienone is 8. The van der Waals surface area contributed by atoms with Gasteiger partial charge in [-0.1, -0.05) is 36.5 Å². The predicted molar refractivity (Wildman–Crippen MR) is 69.2 cm³/mol. The van der Waals surface area contributed by atoms with E-state index in [4.69, 9.17) is 5.11 Å². The average Bonchev–Trinajstić information content (AvgIpc) is 2.77. The molecule has 0 atom stereocenters. The van der Waals surface area contributed by atoms with Crippen LogP contribution in [0.3, 0.4) is 0 Å². The Kier molecular flexibility index (Phi) is 5.96. The van der Waals surface area contributed by atoms with Gasteiger partial charge >= 0.3 is 5.97 Å². The molecule has 0 bridgehead atoms. The first-order valence-corrected chi connectivity index (χ1v) is 5.32. The molecule has 0 radical (unpaired) electrons. The van der Waals surface area contributed by atoms with Crippen LogP contribution in [0.5, 0.6) is 0 Å². The van der Waals surface area contributed by atoms with Gasteiger partial charge in [0.05, 0.1) is 5.57 Å². The molecule has 0 saturated carbocycles. The number of nitrogens with one attached hydrogen (secondary N) is 1. The van der Waals surface area contributed by atoms with Crippen LogP contribution in [-0.4, -0.2) is 11.1 Å². The first kappa shape index (κ1) is 12.8. The molecule has 3 heteroatoms. The van der Waals surface area contributed by atoms with Crippen molar-refractivity contribution in [2.24, 2.45) is 0 Å². The number of carbonyl (C=O) groups is 1. The minimum absolute atomic E-state index is 0.341. The Morgan fingerprint density at radius 3 is 2.41 bits per heavy atom. The second-order valence-electron chi connectivity index (χ2n) is 3.26. The van der Waals surface area contributed by atoms with Gasteiger partial charge < -0.3 is 10.4 Å². The zero-order valence-electron chi connectivity index (χ0n) is 9.41. The second kappa shape index (κ2) is 7.93. The van der Waals surface area contributed by atoms with Crippen LogP contribution in [-0.2, 0) is 4.79 Å². The summed E-state index contributed by atoms with van der Waals surface area (Å²) in [4.78, 5) is 10.4. The molecule has 0 aromatic heterocycles. The molecule has 1 aliphatic heterocycles. The smallest absolute Gasteiger partial charge is 0.335 e. The molecule has 0 aromatic rings. The van der Waals surface area contributed by atoms with E-state index in [9.17, 15) is 4.79 Å². The van der Waals surface area contributed by atoms with Gasteiger partial charge in [0.25, 0.3) is 0 Å². The fourth-order valence-electron chi connectivity index (χ4n) is 1.13. The highest BCUT2D eigenvalue weighted by Crippen LogP contribution is 2.03. The van der Waals surface area contributed by atoms with Gasteiger partial charge in [0.1, 0.15) is 0 Å². The van der Waals surface area contributed by atoms with E-state index in [-0.39, 0.29) is 0 Å². The lowest BCUT2D eigenvalue weighted by Crippen LogP contribution is -1.95. The lowest BCUT2D eigenvalue weighted by molar-refractivity contribution is -0.132. The third-order valence-electron chi connectivity index (χ3n) is 1.95. The molecule has 17 heavy (non-hydrogen) atoms. The lowest BCUT2D eigenvalue weighted by Gasteiger charge is -1.87. The first-order valence-electron chi connectivity index (χ1n) is 5.32. The van der Waals surface area contributed by atoms with E-state index < -0.39 is 5.97 Å². The molecule has 0 fully saturated rings. The zero-order chi connectivity index (χ0) is 12.3. The molecule has 1 heterocycles. The fourth-order valence-corrected chi connectivity index (χ4v) is 1.13. The van der Waals surface area contributed by atoms with E-state index in [1.165, 1.54) is 0 Å². The molecule has 1 aliphatic carbocycles. The fraction of sp³-hybridized carbons (Fsp3) is 0.0714. The van der Waals surface area contributed by atoms with E-state index in [1.54, 1.807) is 18.2 Å². The van der Waals surface area contributed by atoms with Crippen molar-refractivity contribution in [2.75, 3.05) is 0 Å². The van der Waals surface area contributed by atoms with E-state index in [1.807, 2.05) is 48.9 Å². The van der Waals surface area contributed by atoms with Crippen LogP contribution in [0.15, 0.2) is 72.7 Å². The second-order valence-corrected chi connectivity index (χ2v) is 3.26. The van der Waals surface area contributed by atoms with Gasteiger partial charge in [-0.05, 0) is 24.6 Å². The summed E-state index contributed by atoms with van der Waals surface area (Å²) in [6.07, 6.45) is 21.1. The zero-order valence-corrected chi connectivity index (χ0v) is 9.41. The van der Waals surface area contributed by atoms with Crippen molar-refractivity contribution in [3.05, 3.63) is 72.7 Å². The van der Waals surface area contributed by atoms with Crippen LogP contribution in [0.25, 0.3) is 0 Å². The normalized spacial score (nSPS) is 16.1. The van der Waals surface area contributed by atoms with Crippen molar-refractivity contribution in [1.82, 2.24) is 5.32 Å². The number of aliphatic carboxylic acids is 1. The van der Waals surface area contributed by atoms with Crippen LogP contribution < -0.4 is 5.32 Å². The lowest BCUT2D eigenvalue weighted by atomic mass is 10.2. The maximum absolute atomic E-state index is 10.4. The number of hydrogen-bond acceptors (Lipinski definition) is 2. The summed E-state index contributed by atoms with van der Waals surface area (Å²) in [5, 5.41) is 11.4. The van der Waals surface area contributed by atoms with Crippen LogP contribution >= 0.6 is 0 Å². The molecular weight excluding hydrogens is 214 g/mol. The maximum atomic E-state index is 10.4. The first-order chi connectivity index (χ1) is 8.30. The van der Waals surface area contributed by atoms with Gasteiger partial charge in [0, 0.05) is 12.4 Å². The van der Waals surface area contributed by atoms with Crippen LogP contribution in [0.4, 0.5) is 0 Å². The minimum Gasteiger partial charge on any atom is -0.478 e. The summed E-state index contributed by atoms with van der Waals surface area (Å²) in [5.41, 5.74) is 0.341. The molecule has 2 rings (SSSR count). The molecule has 2 aliphatic rings. The van der Waals surface area contributed by atoms with E-state index in [0.717, 1.165) is 6.42 Å². The third kappa shape index (κ3) is 5.99. The van der Waals surface area contributed by atoms with Gasteiger partial charge in [-0.15, -0.1) is 0 Å². The van der Waals surface area contributed by atoms with Gasteiger partial charge in [0.15, 0.2) is 0 Å². The number of carboxylic acid groups (broad SMARTS) is 1. The molecule has 2 N–H and O–H groups in total. The summed E-state index contributed by atoms with van der Waals surface area (Å²) in [6.45, 7) is 0. The largest absolute Gasteiger partial charge is 0.478 e. The Morgan fingerprint density at radius 2 is 1.76 bits per heavy atom. The summed E-state index contributed by atoms with van der Waals surface area (Å²) >= 11 is 0. The molecule has 0 spiro atoms. The highest BCUT2D eigenvalue weighted by molar-refractivity contribution is 5.90. The van der Waals surface area contributed by atoms with Crippen molar-refractivity contribution >= 4 is 5.97 Å². The van der Waals surface area contributed by atoms with Crippen molar-refractivity contribution in [3.63, 3.8) is 0 Å². The minimum atomic E-state index is -0.872. The monoisotopic (exact) mass is 229 g/mol. The molecule has 0 amide bonds. The number of rotatable bonds is 1. The Labute approximate surface area is 101 Å². The predicted octanol–water partition coefficient (Wildman–Crippen LogP) is 2.69. The van der Waals surface area contributed by atoms with Gasteiger partial charge in [-0.2, -0.15) is 0 Å². The Hall–Kier alpha value is -2.29. The van der Waals surface area contributed by atoms with Crippen LogP contribution in [0.1, 0.15) is 6.42 Å². The van der Waals surface area contributed by atoms with Crippen molar-refractivity contribution < 1.29 is 9.90 Å². The molecule has 3 nitrogen and oxygen atoms in total. The summed E-state index contributed by atoms with van der Waals surface area (Å²) in [6, 6.07) is 0. The third-order valence-corrected chi connectivity index (χ3v) is 1.95. The van der Waals surface area contributed by atoms with Crippen LogP contribution in [0, 0.1) is 0 Å². The molecule has 0 unspecified atom stereocenters. The highest BCUT2D eigenvalue weighted by atomic mass is 16.4. The topological polar surface area (TPSA) is 49.3 Å². The number of hydrogen-bond donors (Lipinski definition) is 2. The van der Waals surface area contributed by atoms with Gasteiger partial charge in [-0.25, -0.2) is 4.79 Å². The average molecular weight is 229 g/mol. The standard InChI is InChI=1S/C8H8O2.C6H7N/c9-8(10)7-5-3-1-2-4-6-7;1-2-4-6-7-5-3-1/h1,3-6H,2H2,(H,9,10);1-7H. The van der Waals surface area contributed by atoms with Crippen LogP contribution in [0.2, 0.25) is 0 Å². The molecule has 88 valence electrons. The van der Waals surface area contributed by atoms with Gasteiger partial charge in [0.2, 0.25) is 0 Å². The molecule has 0 aromatic carbocycles. The molecule has 0 saturated heterocycles. The Bertz CT molecular complexity index is 410. The SMILES string of the molecule is C1=CC=CNC=C1.O=C(O)C1=CC=CCC=C1. The quantitative estimate of drug-likeness (QED) is 0.726. The Balaban J connectivity index is 0.000000181. The maximum Gasteiger partial charge on any atom is 0.335 e. The summed E-state index contributed by atoms with van der Waals surface area (Å²) < 4.78 is 0. The number of carboxylic acids is 1. The summed E-state index contributed by atoms with van der Waals surface area (Å²) in [5.74, 6) is -0.872. The van der Waals surface area contributed by atoms with E-state index in [2.05, 4.69) is 5.32 Å². The molecular formula is C14H15NO2. The van der Waals surface area contributed by atoms with Crippen molar-refractivity contribution in [1.29, 1.82) is 0 Å². The highest BCUT2D eigenvalue weighted by Gasteiger charge is 2.00. The van der Waals surface area contributed by atoms with E-state index >= 15 is 0 Å². The van der Waals surface area contributed by atoms with Gasteiger partial charge in [-0.3, -0.25) is 0 Å². The summed E-state index contributed by atoms with van der Waals surface area (Å²) in [7, 11) is 0. The van der Waals surface area contributed by atoms with E-state index in [0.29, 0.717) is 5.57 Å².